The molecule has 0 saturated carbocycles. The molecule has 2 saturated heterocycles. The molecule has 5 amide bonds. The van der Waals surface area contributed by atoms with Crippen LogP contribution in [0.1, 0.15) is 13.8 Å². The Morgan fingerprint density at radius 3 is 2.30 bits per heavy atom. The van der Waals surface area contributed by atoms with Crippen molar-refractivity contribution in [2.45, 2.75) is 26.1 Å². The Labute approximate surface area is 154 Å². The van der Waals surface area contributed by atoms with Gasteiger partial charge >= 0.3 is 6.03 Å². The first-order valence-electron chi connectivity index (χ1n) is 8.41. The molecule has 144 valence electrons. The highest BCUT2D eigenvalue weighted by Gasteiger charge is 2.40. The second-order valence-electron chi connectivity index (χ2n) is 6.56. The van der Waals surface area contributed by atoms with Crippen molar-refractivity contribution < 1.29 is 28.3 Å². The number of barbiturate groups is 1. The fourth-order valence-electron chi connectivity index (χ4n) is 3.19. The molecule has 0 aliphatic carbocycles. The molecule has 2 heterocycles. The van der Waals surface area contributed by atoms with Crippen LogP contribution in [0.25, 0.3) is 0 Å². The Kier molecular flexibility index (Phi) is 5.08. The summed E-state index contributed by atoms with van der Waals surface area (Å²) >= 11 is 0. The number of anilines is 2. The average molecular weight is 378 g/mol. The van der Waals surface area contributed by atoms with Crippen LogP contribution in [0.2, 0.25) is 0 Å². The van der Waals surface area contributed by atoms with Crippen LogP contribution >= 0.6 is 0 Å². The van der Waals surface area contributed by atoms with Crippen LogP contribution in [0.5, 0.6) is 0 Å². The fourth-order valence-corrected chi connectivity index (χ4v) is 3.19. The van der Waals surface area contributed by atoms with Crippen molar-refractivity contribution in [1.29, 1.82) is 0 Å². The monoisotopic (exact) mass is 378 g/mol. The number of carbonyl (C=O) groups excluding carboxylic acids is 4. The van der Waals surface area contributed by atoms with Crippen molar-refractivity contribution >= 4 is 35.1 Å². The fraction of sp³-hybridized carbons (Fsp3) is 0.412. The van der Waals surface area contributed by atoms with Gasteiger partial charge in [-0.3, -0.25) is 25.0 Å². The van der Waals surface area contributed by atoms with Crippen LogP contribution in [0.15, 0.2) is 18.2 Å². The predicted octanol–water partition coefficient (Wildman–Crippen LogP) is 0.360. The van der Waals surface area contributed by atoms with Gasteiger partial charge in [0.2, 0.25) is 17.7 Å². The van der Waals surface area contributed by atoms with E-state index in [4.69, 9.17) is 4.74 Å². The lowest BCUT2D eigenvalue weighted by Gasteiger charge is -2.37. The third-order valence-corrected chi connectivity index (χ3v) is 4.24. The van der Waals surface area contributed by atoms with Gasteiger partial charge in [0.25, 0.3) is 0 Å². The molecule has 0 spiro atoms. The van der Waals surface area contributed by atoms with Gasteiger partial charge in [-0.1, -0.05) is 0 Å². The van der Waals surface area contributed by atoms with Gasteiger partial charge in [-0.25, -0.2) is 9.18 Å². The van der Waals surface area contributed by atoms with Crippen LogP contribution in [-0.4, -0.2) is 49.1 Å². The number of benzene rings is 1. The third-order valence-electron chi connectivity index (χ3n) is 4.24. The molecular weight excluding hydrogens is 359 g/mol. The van der Waals surface area contributed by atoms with E-state index in [0.717, 1.165) is 6.07 Å². The Morgan fingerprint density at radius 1 is 1.15 bits per heavy atom. The van der Waals surface area contributed by atoms with Gasteiger partial charge in [-0.15, -0.1) is 0 Å². The normalized spacial score (nSPS) is 23.7. The van der Waals surface area contributed by atoms with Gasteiger partial charge < -0.3 is 15.0 Å². The van der Waals surface area contributed by atoms with Crippen molar-refractivity contribution in [2.75, 3.05) is 23.3 Å². The molecule has 2 fully saturated rings. The maximum absolute atomic E-state index is 14.5. The number of amides is 5. The van der Waals surface area contributed by atoms with Crippen LogP contribution in [0, 0.1) is 11.7 Å². The Hall–Kier alpha value is -3.01. The maximum Gasteiger partial charge on any atom is 0.328 e. The number of ether oxygens (including phenoxy) is 1. The van der Waals surface area contributed by atoms with E-state index in [1.54, 1.807) is 0 Å². The molecule has 10 heteroatoms. The zero-order valence-electron chi connectivity index (χ0n) is 14.7. The summed E-state index contributed by atoms with van der Waals surface area (Å²) in [5.74, 6) is -5.31. The molecule has 2 aliphatic rings. The molecule has 27 heavy (non-hydrogen) atoms. The number of hydrogen-bond donors (Lipinski definition) is 3. The van der Waals surface area contributed by atoms with E-state index in [1.165, 1.54) is 12.1 Å². The summed E-state index contributed by atoms with van der Waals surface area (Å²) in [7, 11) is 0. The summed E-state index contributed by atoms with van der Waals surface area (Å²) < 4.78 is 20.2. The molecule has 0 bridgehead atoms. The van der Waals surface area contributed by atoms with Gasteiger partial charge in [0, 0.05) is 18.8 Å². The van der Waals surface area contributed by atoms with E-state index in [0.29, 0.717) is 18.8 Å². The number of carbonyl (C=O) groups is 4. The summed E-state index contributed by atoms with van der Waals surface area (Å²) in [6.07, 6.45) is -0.0860. The number of halogens is 1. The SMILES string of the molecule is C[C@H]1CN(c2ccc(NC(=O)C3C(=O)NC(=O)NC3=O)cc2F)C[C@H](C)O1. The Bertz CT molecular complexity index is 785. The van der Waals surface area contributed by atoms with Crippen LogP contribution in [-0.2, 0) is 19.1 Å². The zero-order chi connectivity index (χ0) is 19.7. The Morgan fingerprint density at radius 2 is 1.74 bits per heavy atom. The minimum absolute atomic E-state index is 0.0430. The number of hydrogen-bond acceptors (Lipinski definition) is 6. The average Bonchev–Trinajstić information content (AvgIpc) is 2.52. The zero-order valence-corrected chi connectivity index (χ0v) is 14.7. The smallest absolute Gasteiger partial charge is 0.328 e. The maximum atomic E-state index is 14.5. The molecule has 3 N–H and O–H groups in total. The van der Waals surface area contributed by atoms with Crippen LogP contribution < -0.4 is 20.9 Å². The van der Waals surface area contributed by atoms with Crippen molar-refractivity contribution in [1.82, 2.24) is 10.6 Å². The van der Waals surface area contributed by atoms with Crippen LogP contribution in [0.3, 0.4) is 0 Å². The number of nitrogens with one attached hydrogen (secondary N) is 3. The summed E-state index contributed by atoms with van der Waals surface area (Å²) in [4.78, 5) is 48.4. The molecular formula is C17H19FN4O5. The van der Waals surface area contributed by atoms with Gasteiger partial charge in [-0.2, -0.15) is 0 Å². The van der Waals surface area contributed by atoms with Crippen molar-refractivity contribution in [3.05, 3.63) is 24.0 Å². The van der Waals surface area contributed by atoms with Crippen molar-refractivity contribution in [3.63, 3.8) is 0 Å². The minimum atomic E-state index is -1.73. The first-order chi connectivity index (χ1) is 12.7. The van der Waals surface area contributed by atoms with Crippen molar-refractivity contribution in [3.8, 4) is 0 Å². The molecule has 2 aliphatic heterocycles. The van der Waals surface area contributed by atoms with E-state index >= 15 is 0 Å². The molecule has 1 aromatic rings. The van der Waals surface area contributed by atoms with E-state index in [9.17, 15) is 23.6 Å². The highest BCUT2D eigenvalue weighted by Crippen LogP contribution is 2.26. The predicted molar refractivity (Wildman–Crippen MR) is 92.4 cm³/mol. The first-order valence-corrected chi connectivity index (χ1v) is 8.41. The second-order valence-corrected chi connectivity index (χ2v) is 6.56. The van der Waals surface area contributed by atoms with E-state index in [2.05, 4.69) is 5.32 Å². The summed E-state index contributed by atoms with van der Waals surface area (Å²) in [5, 5.41) is 5.99. The quantitative estimate of drug-likeness (QED) is 0.654. The molecule has 1 aromatic carbocycles. The molecule has 3 rings (SSSR count). The van der Waals surface area contributed by atoms with Gasteiger partial charge in [0.15, 0.2) is 5.92 Å². The minimum Gasteiger partial charge on any atom is -0.372 e. The number of nitrogens with zero attached hydrogens (tertiary/aromatic N) is 1. The summed E-state index contributed by atoms with van der Waals surface area (Å²) in [6, 6.07) is 3.12. The second kappa shape index (κ2) is 7.31. The van der Waals surface area contributed by atoms with Gasteiger partial charge in [-0.05, 0) is 32.0 Å². The number of morpholine rings is 1. The molecule has 2 atom stereocenters. The number of urea groups is 1. The Balaban J connectivity index is 1.72. The lowest BCUT2D eigenvalue weighted by atomic mass is 10.1. The van der Waals surface area contributed by atoms with Crippen molar-refractivity contribution in [2.24, 2.45) is 5.92 Å². The van der Waals surface area contributed by atoms with E-state index in [-0.39, 0.29) is 17.9 Å². The highest BCUT2D eigenvalue weighted by molar-refractivity contribution is 6.28. The largest absolute Gasteiger partial charge is 0.372 e. The molecule has 0 aromatic heterocycles. The van der Waals surface area contributed by atoms with Gasteiger partial charge in [0.1, 0.15) is 5.82 Å². The summed E-state index contributed by atoms with van der Waals surface area (Å²) in [5.41, 5.74) is 0.460. The molecule has 0 unspecified atom stereocenters. The van der Waals surface area contributed by atoms with E-state index in [1.807, 2.05) is 29.4 Å². The van der Waals surface area contributed by atoms with Gasteiger partial charge in [0.05, 0.1) is 17.9 Å². The standard InChI is InChI=1S/C17H19FN4O5/c1-8-6-22(7-9(2)27-8)12-4-3-10(5-11(12)18)19-14(23)13-15(24)20-17(26)21-16(13)25/h3-5,8-9,13H,6-7H2,1-2H3,(H,19,23)(H2,20,21,24,25,26)/t8-,9-/m0/s1. The summed E-state index contributed by atoms with van der Waals surface area (Å²) in [6.45, 7) is 4.87. The number of rotatable bonds is 3. The lowest BCUT2D eigenvalue weighted by Crippen LogP contribution is -2.58. The number of imide groups is 2. The molecule has 0 radical (unpaired) electrons. The molecule has 9 nitrogen and oxygen atoms in total. The highest BCUT2D eigenvalue weighted by atomic mass is 19.1. The lowest BCUT2D eigenvalue weighted by molar-refractivity contribution is -0.141. The van der Waals surface area contributed by atoms with E-state index < -0.39 is 35.5 Å². The topological polar surface area (TPSA) is 117 Å². The third kappa shape index (κ3) is 4.05. The first kappa shape index (κ1) is 18.8. The van der Waals surface area contributed by atoms with Crippen LogP contribution in [0.4, 0.5) is 20.6 Å².